The average Bonchev–Trinajstić information content (AvgIpc) is 3.22. The van der Waals surface area contributed by atoms with Crippen LogP contribution in [0.4, 0.5) is 10.5 Å². The number of rotatable bonds is 5. The molecule has 6 nitrogen and oxygen atoms in total. The van der Waals surface area contributed by atoms with Crippen molar-refractivity contribution in [1.29, 1.82) is 0 Å². The Balaban J connectivity index is 1.52. The number of aromatic nitrogens is 2. The van der Waals surface area contributed by atoms with Crippen molar-refractivity contribution in [2.75, 3.05) is 5.32 Å². The maximum Gasteiger partial charge on any atom is 0.322 e. The van der Waals surface area contributed by atoms with Crippen molar-refractivity contribution in [3.63, 3.8) is 0 Å². The fourth-order valence-corrected chi connectivity index (χ4v) is 3.76. The molecule has 1 heterocycles. The molecule has 150 valence electrons. The molecule has 0 unspecified atom stereocenters. The number of nitrogens with one attached hydrogen (secondary N) is 1. The number of amides is 2. The van der Waals surface area contributed by atoms with Gasteiger partial charge in [-0.1, -0.05) is 72.4 Å². The summed E-state index contributed by atoms with van der Waals surface area (Å²) in [6, 6.07) is 17.6. The van der Waals surface area contributed by atoms with Gasteiger partial charge in [-0.2, -0.15) is 4.98 Å². The van der Waals surface area contributed by atoms with Crippen molar-refractivity contribution in [2.45, 2.75) is 51.6 Å². The highest BCUT2D eigenvalue weighted by molar-refractivity contribution is 5.89. The number of nitrogens with zero attached hydrogens (tertiary/aromatic N) is 3. The second kappa shape index (κ2) is 8.90. The molecule has 0 saturated heterocycles. The summed E-state index contributed by atoms with van der Waals surface area (Å²) in [5.74, 6) is 1.00. The zero-order valence-corrected chi connectivity index (χ0v) is 16.7. The van der Waals surface area contributed by atoms with Gasteiger partial charge in [0.2, 0.25) is 11.7 Å². The number of aryl methyl sites for hydroxylation is 1. The highest BCUT2D eigenvalue weighted by Crippen LogP contribution is 2.25. The minimum atomic E-state index is -0.127. The monoisotopic (exact) mass is 390 g/mol. The molecule has 2 amide bonds. The smallest absolute Gasteiger partial charge is 0.322 e. The maximum absolute atomic E-state index is 13.1. The Morgan fingerprint density at radius 3 is 2.52 bits per heavy atom. The molecule has 1 saturated carbocycles. The number of hydrogen-bond acceptors (Lipinski definition) is 4. The summed E-state index contributed by atoms with van der Waals surface area (Å²) >= 11 is 0. The Morgan fingerprint density at radius 1 is 1.07 bits per heavy atom. The molecular weight excluding hydrogens is 364 g/mol. The first-order valence-electron chi connectivity index (χ1n) is 10.2. The standard InChI is InChI=1S/C23H26N4O2/c1-17-12-14-18(15-13-17)22-25-21(29-26-22)16-27(20-10-6-3-7-11-20)23(28)24-19-8-4-2-5-9-19/h2,4-5,8-9,12-15,20H,3,6-7,10-11,16H2,1H3,(H,24,28). The molecule has 0 aliphatic heterocycles. The van der Waals surface area contributed by atoms with Gasteiger partial charge in [0.15, 0.2) is 0 Å². The number of carbonyl (C=O) groups is 1. The predicted molar refractivity (Wildman–Crippen MR) is 112 cm³/mol. The number of urea groups is 1. The Morgan fingerprint density at radius 2 is 1.79 bits per heavy atom. The summed E-state index contributed by atoms with van der Waals surface area (Å²) in [6.07, 6.45) is 5.50. The third-order valence-corrected chi connectivity index (χ3v) is 5.38. The highest BCUT2D eigenvalue weighted by Gasteiger charge is 2.27. The Hall–Kier alpha value is -3.15. The normalized spacial score (nSPS) is 14.5. The van der Waals surface area contributed by atoms with Crippen LogP contribution in [0.15, 0.2) is 59.1 Å². The van der Waals surface area contributed by atoms with E-state index in [1.54, 1.807) is 0 Å². The molecule has 0 bridgehead atoms. The highest BCUT2D eigenvalue weighted by atomic mass is 16.5. The van der Waals surface area contributed by atoms with Gasteiger partial charge in [0.05, 0.1) is 0 Å². The second-order valence-corrected chi connectivity index (χ2v) is 7.59. The summed E-state index contributed by atoms with van der Waals surface area (Å²) in [6.45, 7) is 2.35. The van der Waals surface area contributed by atoms with E-state index in [9.17, 15) is 4.79 Å². The fourth-order valence-electron chi connectivity index (χ4n) is 3.76. The number of carbonyl (C=O) groups excluding carboxylic acids is 1. The molecule has 6 heteroatoms. The van der Waals surface area contributed by atoms with Gasteiger partial charge >= 0.3 is 6.03 Å². The van der Waals surface area contributed by atoms with Gasteiger partial charge in [-0.3, -0.25) is 0 Å². The topological polar surface area (TPSA) is 71.3 Å². The molecule has 0 radical (unpaired) electrons. The van der Waals surface area contributed by atoms with Crippen LogP contribution in [-0.4, -0.2) is 27.1 Å². The molecule has 0 atom stereocenters. The van der Waals surface area contributed by atoms with E-state index < -0.39 is 0 Å². The van der Waals surface area contributed by atoms with Gasteiger partial charge in [0.25, 0.3) is 0 Å². The lowest BCUT2D eigenvalue weighted by atomic mass is 9.94. The van der Waals surface area contributed by atoms with E-state index in [-0.39, 0.29) is 12.1 Å². The summed E-state index contributed by atoms with van der Waals surface area (Å²) in [5.41, 5.74) is 2.87. The molecular formula is C23H26N4O2. The summed E-state index contributed by atoms with van der Waals surface area (Å²) < 4.78 is 5.49. The average molecular weight is 390 g/mol. The molecule has 1 N–H and O–H groups in total. The second-order valence-electron chi connectivity index (χ2n) is 7.59. The van der Waals surface area contributed by atoms with Gasteiger partial charge in [-0.05, 0) is 31.9 Å². The van der Waals surface area contributed by atoms with Crippen LogP contribution in [0.25, 0.3) is 11.4 Å². The molecule has 1 aromatic heterocycles. The van der Waals surface area contributed by atoms with E-state index in [1.165, 1.54) is 12.0 Å². The number of para-hydroxylation sites is 1. The van der Waals surface area contributed by atoms with Crippen molar-refractivity contribution in [2.24, 2.45) is 0 Å². The van der Waals surface area contributed by atoms with E-state index in [1.807, 2.05) is 66.4 Å². The van der Waals surface area contributed by atoms with E-state index in [4.69, 9.17) is 4.52 Å². The van der Waals surface area contributed by atoms with Gasteiger partial charge in [0.1, 0.15) is 6.54 Å². The minimum absolute atomic E-state index is 0.127. The van der Waals surface area contributed by atoms with Crippen LogP contribution >= 0.6 is 0 Å². The largest absolute Gasteiger partial charge is 0.337 e. The van der Waals surface area contributed by atoms with E-state index in [0.29, 0.717) is 18.3 Å². The number of hydrogen-bond donors (Lipinski definition) is 1. The van der Waals surface area contributed by atoms with Crippen LogP contribution in [0.5, 0.6) is 0 Å². The van der Waals surface area contributed by atoms with E-state index in [2.05, 4.69) is 15.5 Å². The van der Waals surface area contributed by atoms with Crippen LogP contribution in [0.3, 0.4) is 0 Å². The lowest BCUT2D eigenvalue weighted by Crippen LogP contribution is -2.43. The Kier molecular flexibility index (Phi) is 5.89. The van der Waals surface area contributed by atoms with Crippen LogP contribution < -0.4 is 5.32 Å². The molecule has 4 rings (SSSR count). The SMILES string of the molecule is Cc1ccc(-c2noc(CN(C(=O)Nc3ccccc3)C3CCCCC3)n2)cc1. The first-order chi connectivity index (χ1) is 14.2. The van der Waals surface area contributed by atoms with Crippen LogP contribution in [0, 0.1) is 6.92 Å². The minimum Gasteiger partial charge on any atom is -0.337 e. The molecule has 1 aliphatic carbocycles. The number of anilines is 1. The van der Waals surface area contributed by atoms with Gasteiger partial charge in [-0.15, -0.1) is 0 Å². The molecule has 1 fully saturated rings. The zero-order chi connectivity index (χ0) is 20.1. The summed E-state index contributed by atoms with van der Waals surface area (Å²) in [7, 11) is 0. The van der Waals surface area contributed by atoms with Gasteiger partial charge in [0, 0.05) is 17.3 Å². The lowest BCUT2D eigenvalue weighted by Gasteiger charge is -2.33. The van der Waals surface area contributed by atoms with Gasteiger partial charge < -0.3 is 14.7 Å². The third-order valence-electron chi connectivity index (χ3n) is 5.38. The van der Waals surface area contributed by atoms with Crippen molar-refractivity contribution in [3.8, 4) is 11.4 Å². The van der Waals surface area contributed by atoms with Crippen LogP contribution in [-0.2, 0) is 6.54 Å². The Bertz CT molecular complexity index is 931. The molecule has 1 aliphatic rings. The first-order valence-corrected chi connectivity index (χ1v) is 10.2. The molecule has 2 aromatic carbocycles. The van der Waals surface area contributed by atoms with Crippen molar-refractivity contribution in [3.05, 3.63) is 66.1 Å². The van der Waals surface area contributed by atoms with Crippen LogP contribution in [0.2, 0.25) is 0 Å². The predicted octanol–water partition coefficient (Wildman–Crippen LogP) is 5.41. The van der Waals surface area contributed by atoms with E-state index in [0.717, 1.165) is 36.9 Å². The Labute approximate surface area is 170 Å². The van der Waals surface area contributed by atoms with E-state index >= 15 is 0 Å². The first kappa shape index (κ1) is 19.2. The quantitative estimate of drug-likeness (QED) is 0.632. The fraction of sp³-hybridized carbons (Fsp3) is 0.348. The summed E-state index contributed by atoms with van der Waals surface area (Å²) in [4.78, 5) is 19.4. The van der Waals surface area contributed by atoms with Crippen molar-refractivity contribution in [1.82, 2.24) is 15.0 Å². The maximum atomic E-state index is 13.1. The number of benzene rings is 2. The molecule has 29 heavy (non-hydrogen) atoms. The molecule has 0 spiro atoms. The van der Waals surface area contributed by atoms with Crippen molar-refractivity contribution >= 4 is 11.7 Å². The zero-order valence-electron chi connectivity index (χ0n) is 16.7. The van der Waals surface area contributed by atoms with Gasteiger partial charge in [-0.25, -0.2) is 4.79 Å². The molecule has 3 aromatic rings. The van der Waals surface area contributed by atoms with Crippen molar-refractivity contribution < 1.29 is 9.32 Å². The third kappa shape index (κ3) is 4.83. The summed E-state index contributed by atoms with van der Waals surface area (Å²) in [5, 5.41) is 7.11. The van der Waals surface area contributed by atoms with Crippen LogP contribution in [0.1, 0.15) is 43.6 Å². The lowest BCUT2D eigenvalue weighted by molar-refractivity contribution is 0.151.